The molecule has 0 saturated carbocycles. The second-order valence-electron chi connectivity index (χ2n) is 6.57. The van der Waals surface area contributed by atoms with Gasteiger partial charge in [0.1, 0.15) is 0 Å². The lowest BCUT2D eigenvalue weighted by Gasteiger charge is -2.34. The molecule has 23 heavy (non-hydrogen) atoms. The number of likely N-dealkylation sites (tertiary alicyclic amines) is 1. The number of nitrogens with one attached hydrogen (secondary N) is 1. The summed E-state index contributed by atoms with van der Waals surface area (Å²) in [6.45, 7) is 5.90. The molecule has 2 N–H and O–H groups in total. The molecule has 6 heteroatoms. The number of nitrogens with zero attached hydrogens (tertiary/aromatic N) is 1. The van der Waals surface area contributed by atoms with Crippen molar-refractivity contribution in [3.8, 4) is 5.75 Å². The Morgan fingerprint density at radius 1 is 1.52 bits per heavy atom. The molecule has 1 saturated heterocycles. The Hall–Kier alpha value is -1.82. The van der Waals surface area contributed by atoms with Gasteiger partial charge in [0.25, 0.3) is 0 Å². The molecule has 1 aliphatic heterocycles. The minimum atomic E-state index is -0.934. The number of benzene rings is 1. The van der Waals surface area contributed by atoms with Crippen molar-refractivity contribution in [3.63, 3.8) is 0 Å². The zero-order valence-corrected chi connectivity index (χ0v) is 14.1. The van der Waals surface area contributed by atoms with E-state index in [2.05, 4.69) is 5.32 Å². The molecular weight excluding hydrogens is 299 g/mol. The molecule has 1 aromatic rings. The van der Waals surface area contributed by atoms with Crippen LogP contribution in [0.1, 0.15) is 45.2 Å². The highest BCUT2D eigenvalue weighted by Crippen LogP contribution is 2.28. The van der Waals surface area contributed by atoms with E-state index < -0.39 is 11.4 Å². The zero-order valence-electron chi connectivity index (χ0n) is 14.1. The lowest BCUT2D eigenvalue weighted by atomic mass is 9.97. The summed E-state index contributed by atoms with van der Waals surface area (Å²) in [4.78, 5) is 14.2. The van der Waals surface area contributed by atoms with E-state index in [1.807, 2.05) is 6.92 Å². The van der Waals surface area contributed by atoms with Gasteiger partial charge < -0.3 is 20.1 Å². The first kappa shape index (κ1) is 17.5. The van der Waals surface area contributed by atoms with Gasteiger partial charge in [-0.1, -0.05) is 6.07 Å². The minimum Gasteiger partial charge on any atom is -0.494 e. The van der Waals surface area contributed by atoms with Crippen LogP contribution in [-0.2, 0) is 0 Å². The van der Waals surface area contributed by atoms with Crippen LogP contribution in [0.2, 0.25) is 0 Å². The number of carbonyl (C=O) groups excluding carboxylic acids is 1. The van der Waals surface area contributed by atoms with Gasteiger partial charge in [-0.05, 0) is 51.3 Å². The number of amides is 2. The Morgan fingerprint density at radius 3 is 2.83 bits per heavy atom. The predicted octanol–water partition coefficient (Wildman–Crippen LogP) is 2.84. The van der Waals surface area contributed by atoms with Crippen molar-refractivity contribution in [2.24, 2.45) is 0 Å². The lowest BCUT2D eigenvalue weighted by molar-refractivity contribution is 0.00951. The monoisotopic (exact) mass is 324 g/mol. The first-order chi connectivity index (χ1) is 10.7. The molecule has 2 amide bonds. The number of methoxy groups -OCH3 is 1. The number of halogens is 1. The molecular formula is C17H25FN2O3. The van der Waals surface area contributed by atoms with Crippen LogP contribution in [0.3, 0.4) is 0 Å². The maximum Gasteiger partial charge on any atom is 0.318 e. The fourth-order valence-corrected chi connectivity index (χ4v) is 3.04. The number of aliphatic hydroxyl groups is 1. The van der Waals surface area contributed by atoms with Crippen LogP contribution in [0.5, 0.6) is 5.75 Å². The van der Waals surface area contributed by atoms with Crippen LogP contribution in [0, 0.1) is 5.82 Å². The SMILES string of the molecule is COc1cc([C@@H](C)NC(=O)N2CCC[C@@H]2C(C)(C)O)ccc1F. The van der Waals surface area contributed by atoms with E-state index in [0.717, 1.165) is 18.4 Å². The zero-order chi connectivity index (χ0) is 17.2. The highest BCUT2D eigenvalue weighted by molar-refractivity contribution is 5.75. The fraction of sp³-hybridized carbons (Fsp3) is 0.588. The first-order valence-corrected chi connectivity index (χ1v) is 7.87. The summed E-state index contributed by atoms with van der Waals surface area (Å²) >= 11 is 0. The molecule has 2 rings (SSSR count). The summed E-state index contributed by atoms with van der Waals surface area (Å²) in [5.74, 6) is -0.282. The second-order valence-corrected chi connectivity index (χ2v) is 6.57. The fourth-order valence-electron chi connectivity index (χ4n) is 3.04. The number of hydrogen-bond donors (Lipinski definition) is 2. The predicted molar refractivity (Wildman–Crippen MR) is 85.9 cm³/mol. The van der Waals surface area contributed by atoms with Crippen molar-refractivity contribution in [2.45, 2.75) is 51.3 Å². The molecule has 2 atom stereocenters. The van der Waals surface area contributed by atoms with Crippen molar-refractivity contribution in [2.75, 3.05) is 13.7 Å². The quantitative estimate of drug-likeness (QED) is 0.895. The molecule has 0 radical (unpaired) electrons. The van der Waals surface area contributed by atoms with Crippen molar-refractivity contribution in [1.82, 2.24) is 10.2 Å². The van der Waals surface area contributed by atoms with Gasteiger partial charge in [-0.15, -0.1) is 0 Å². The van der Waals surface area contributed by atoms with Gasteiger partial charge in [0, 0.05) is 6.54 Å². The molecule has 0 spiro atoms. The van der Waals surface area contributed by atoms with Crippen molar-refractivity contribution in [1.29, 1.82) is 0 Å². The van der Waals surface area contributed by atoms with Crippen LogP contribution >= 0.6 is 0 Å². The van der Waals surface area contributed by atoms with Gasteiger partial charge in [-0.2, -0.15) is 0 Å². The molecule has 1 heterocycles. The highest BCUT2D eigenvalue weighted by Gasteiger charge is 2.38. The van der Waals surface area contributed by atoms with Gasteiger partial charge in [-0.3, -0.25) is 0 Å². The number of ether oxygens (including phenoxy) is 1. The van der Waals surface area contributed by atoms with Gasteiger partial charge >= 0.3 is 6.03 Å². The normalized spacial score (nSPS) is 19.6. The highest BCUT2D eigenvalue weighted by atomic mass is 19.1. The minimum absolute atomic E-state index is 0.152. The molecule has 1 aromatic carbocycles. The Balaban J connectivity index is 2.07. The molecule has 5 nitrogen and oxygen atoms in total. The summed E-state index contributed by atoms with van der Waals surface area (Å²) < 4.78 is 18.4. The molecule has 1 aliphatic rings. The Morgan fingerprint density at radius 2 is 2.22 bits per heavy atom. The summed E-state index contributed by atoms with van der Waals surface area (Å²) in [5, 5.41) is 13.1. The largest absolute Gasteiger partial charge is 0.494 e. The summed E-state index contributed by atoms with van der Waals surface area (Å²) in [6, 6.07) is 3.83. The van der Waals surface area contributed by atoms with Gasteiger partial charge in [0.2, 0.25) is 0 Å². The number of urea groups is 1. The summed E-state index contributed by atoms with van der Waals surface area (Å²) in [6.07, 6.45) is 1.66. The molecule has 128 valence electrons. The van der Waals surface area contributed by atoms with Crippen molar-refractivity contribution >= 4 is 6.03 Å². The van der Waals surface area contributed by atoms with Crippen LogP contribution in [0.15, 0.2) is 18.2 Å². The van der Waals surface area contributed by atoms with E-state index in [1.165, 1.54) is 13.2 Å². The van der Waals surface area contributed by atoms with E-state index >= 15 is 0 Å². The third-order valence-corrected chi connectivity index (χ3v) is 4.34. The average Bonchev–Trinajstić information content (AvgIpc) is 2.97. The van der Waals surface area contributed by atoms with E-state index in [4.69, 9.17) is 4.74 Å². The summed E-state index contributed by atoms with van der Waals surface area (Å²) in [5.41, 5.74) is -0.175. The molecule has 0 aliphatic carbocycles. The molecule has 0 unspecified atom stereocenters. The van der Waals surface area contributed by atoms with E-state index in [-0.39, 0.29) is 23.9 Å². The first-order valence-electron chi connectivity index (χ1n) is 7.87. The Bertz CT molecular complexity index is 571. The van der Waals surface area contributed by atoms with Crippen LogP contribution in [-0.4, -0.2) is 41.3 Å². The van der Waals surface area contributed by atoms with Crippen LogP contribution < -0.4 is 10.1 Å². The maximum absolute atomic E-state index is 13.5. The van der Waals surface area contributed by atoms with Gasteiger partial charge in [0.15, 0.2) is 11.6 Å². The van der Waals surface area contributed by atoms with Gasteiger partial charge in [-0.25, -0.2) is 9.18 Å². The lowest BCUT2D eigenvalue weighted by Crippen LogP contribution is -2.51. The standard InChI is InChI=1S/C17H25FN2O3/c1-11(12-7-8-13(18)14(10-12)23-4)19-16(21)20-9-5-6-15(20)17(2,3)22/h7-8,10-11,15,22H,5-6,9H2,1-4H3,(H,19,21)/t11-,15-/m1/s1. The van der Waals surface area contributed by atoms with Crippen LogP contribution in [0.25, 0.3) is 0 Å². The Kier molecular flexibility index (Phi) is 5.14. The molecule has 0 bridgehead atoms. The third kappa shape index (κ3) is 3.93. The van der Waals surface area contributed by atoms with Gasteiger partial charge in [0.05, 0.1) is 24.8 Å². The Labute approximate surface area is 136 Å². The van der Waals surface area contributed by atoms with Crippen molar-refractivity contribution in [3.05, 3.63) is 29.6 Å². The van der Waals surface area contributed by atoms with E-state index in [1.54, 1.807) is 30.9 Å². The average molecular weight is 324 g/mol. The molecule has 0 aromatic heterocycles. The summed E-state index contributed by atoms with van der Waals surface area (Å²) in [7, 11) is 1.41. The second kappa shape index (κ2) is 6.74. The number of carbonyl (C=O) groups is 1. The van der Waals surface area contributed by atoms with E-state index in [0.29, 0.717) is 6.54 Å². The number of rotatable bonds is 4. The van der Waals surface area contributed by atoms with Crippen molar-refractivity contribution < 1.29 is 19.0 Å². The molecule has 1 fully saturated rings. The van der Waals surface area contributed by atoms with Crippen LogP contribution in [0.4, 0.5) is 9.18 Å². The number of hydrogen-bond acceptors (Lipinski definition) is 3. The van der Waals surface area contributed by atoms with E-state index in [9.17, 15) is 14.3 Å². The topological polar surface area (TPSA) is 61.8 Å². The maximum atomic E-state index is 13.5. The smallest absolute Gasteiger partial charge is 0.318 e. The third-order valence-electron chi connectivity index (χ3n) is 4.34.